The van der Waals surface area contributed by atoms with Crippen molar-refractivity contribution >= 4 is 29.2 Å². The van der Waals surface area contributed by atoms with Gasteiger partial charge in [-0.15, -0.1) is 10.2 Å². The molecule has 0 unspecified atom stereocenters. The summed E-state index contributed by atoms with van der Waals surface area (Å²) in [4.78, 5) is 27.8. The molecule has 1 aliphatic rings. The third-order valence-electron chi connectivity index (χ3n) is 3.65. The first kappa shape index (κ1) is 15.4. The van der Waals surface area contributed by atoms with E-state index in [1.54, 1.807) is 26.0 Å². The topological polar surface area (TPSA) is 92.4 Å². The first-order valence-corrected chi connectivity index (χ1v) is 7.37. The second kappa shape index (κ2) is 5.96. The molecule has 9 heteroatoms. The van der Waals surface area contributed by atoms with Crippen molar-refractivity contribution in [3.05, 3.63) is 34.3 Å². The van der Waals surface area contributed by atoms with Crippen molar-refractivity contribution in [2.75, 3.05) is 24.5 Å². The zero-order chi connectivity index (χ0) is 16.6. The first-order valence-electron chi connectivity index (χ1n) is 6.99. The number of aromatic nitrogens is 3. The molecule has 8 nitrogen and oxygen atoms in total. The molecule has 2 amide bonds. The maximum absolute atomic E-state index is 12.5. The fourth-order valence-corrected chi connectivity index (χ4v) is 2.59. The molecule has 0 atom stereocenters. The van der Waals surface area contributed by atoms with Gasteiger partial charge < -0.3 is 9.42 Å². The van der Waals surface area contributed by atoms with Crippen LogP contribution in [-0.2, 0) is 4.79 Å². The van der Waals surface area contributed by atoms with Gasteiger partial charge in [0.25, 0.3) is 5.91 Å². The van der Waals surface area contributed by atoms with Gasteiger partial charge >= 0.3 is 0 Å². The lowest BCUT2D eigenvalue weighted by atomic mass is 10.1. The van der Waals surface area contributed by atoms with E-state index in [-0.39, 0.29) is 23.5 Å². The highest BCUT2D eigenvalue weighted by Gasteiger charge is 2.31. The number of amides is 2. The summed E-state index contributed by atoms with van der Waals surface area (Å²) >= 11 is 5.69. The molecule has 1 saturated heterocycles. The molecule has 120 valence electrons. The third kappa shape index (κ3) is 2.89. The maximum Gasteiger partial charge on any atom is 0.259 e. The zero-order valence-electron chi connectivity index (χ0n) is 12.6. The van der Waals surface area contributed by atoms with Crippen molar-refractivity contribution in [1.29, 1.82) is 0 Å². The Morgan fingerprint density at radius 3 is 2.61 bits per heavy atom. The van der Waals surface area contributed by atoms with Gasteiger partial charge in [-0.25, -0.2) is 0 Å². The summed E-state index contributed by atoms with van der Waals surface area (Å²) in [5.74, 6) is 0.388. The predicted molar refractivity (Wildman–Crippen MR) is 81.3 cm³/mol. The molecule has 3 heterocycles. The van der Waals surface area contributed by atoms with Gasteiger partial charge in [0.15, 0.2) is 11.0 Å². The van der Waals surface area contributed by atoms with Crippen LogP contribution >= 0.6 is 11.6 Å². The van der Waals surface area contributed by atoms with Gasteiger partial charge in [-0.05, 0) is 26.0 Å². The van der Waals surface area contributed by atoms with Crippen LogP contribution in [0.2, 0.25) is 5.15 Å². The van der Waals surface area contributed by atoms with E-state index >= 15 is 0 Å². The van der Waals surface area contributed by atoms with Crippen LogP contribution in [-0.4, -0.2) is 51.7 Å². The van der Waals surface area contributed by atoms with Gasteiger partial charge in [0.1, 0.15) is 17.9 Å². The van der Waals surface area contributed by atoms with Gasteiger partial charge in [-0.2, -0.15) is 0 Å². The van der Waals surface area contributed by atoms with E-state index < -0.39 is 0 Å². The van der Waals surface area contributed by atoms with Crippen LogP contribution in [0.3, 0.4) is 0 Å². The van der Waals surface area contributed by atoms with Crippen LogP contribution in [0.15, 0.2) is 16.7 Å². The smallest absolute Gasteiger partial charge is 0.259 e. The Morgan fingerprint density at radius 1 is 1.26 bits per heavy atom. The SMILES string of the molecule is Cc1noc(C)c1C(=O)N1CCN(c2ccc(Cl)nn2)C(=O)C1. The molecule has 2 aromatic heterocycles. The summed E-state index contributed by atoms with van der Waals surface area (Å²) in [6.45, 7) is 4.07. The number of carbonyl (C=O) groups excluding carboxylic acids is 2. The number of rotatable bonds is 2. The molecule has 0 spiro atoms. The van der Waals surface area contributed by atoms with Crippen LogP contribution < -0.4 is 4.90 Å². The van der Waals surface area contributed by atoms with Crippen LogP contribution in [0.5, 0.6) is 0 Å². The maximum atomic E-state index is 12.5. The van der Waals surface area contributed by atoms with Crippen molar-refractivity contribution in [2.45, 2.75) is 13.8 Å². The average Bonchev–Trinajstić information content (AvgIpc) is 2.86. The fourth-order valence-electron chi connectivity index (χ4n) is 2.49. The molecule has 0 aliphatic carbocycles. The van der Waals surface area contributed by atoms with E-state index in [4.69, 9.17) is 16.1 Å². The number of nitrogens with zero attached hydrogens (tertiary/aromatic N) is 5. The molecule has 1 aliphatic heterocycles. The van der Waals surface area contributed by atoms with E-state index in [0.29, 0.717) is 35.9 Å². The third-order valence-corrected chi connectivity index (χ3v) is 3.85. The Morgan fingerprint density at radius 2 is 2.04 bits per heavy atom. The van der Waals surface area contributed by atoms with E-state index in [0.717, 1.165) is 0 Å². The van der Waals surface area contributed by atoms with Crippen LogP contribution in [0, 0.1) is 13.8 Å². The number of anilines is 1. The summed E-state index contributed by atoms with van der Waals surface area (Å²) in [7, 11) is 0. The highest BCUT2D eigenvalue weighted by molar-refractivity contribution is 6.29. The summed E-state index contributed by atoms with van der Waals surface area (Å²) in [6, 6.07) is 3.19. The largest absolute Gasteiger partial charge is 0.361 e. The monoisotopic (exact) mass is 335 g/mol. The number of halogens is 1. The van der Waals surface area contributed by atoms with E-state index in [1.807, 2.05) is 0 Å². The normalized spacial score (nSPS) is 15.2. The van der Waals surface area contributed by atoms with Crippen molar-refractivity contribution in [3.63, 3.8) is 0 Å². The van der Waals surface area contributed by atoms with Crippen molar-refractivity contribution in [2.24, 2.45) is 0 Å². The summed E-state index contributed by atoms with van der Waals surface area (Å²) in [5.41, 5.74) is 0.934. The Bertz CT molecular complexity index is 739. The highest BCUT2D eigenvalue weighted by atomic mass is 35.5. The minimum absolute atomic E-state index is 0.0345. The summed E-state index contributed by atoms with van der Waals surface area (Å²) in [6.07, 6.45) is 0. The lowest BCUT2D eigenvalue weighted by Gasteiger charge is -2.33. The quantitative estimate of drug-likeness (QED) is 0.819. The average molecular weight is 336 g/mol. The second-order valence-electron chi connectivity index (χ2n) is 5.19. The number of carbonyl (C=O) groups is 2. The summed E-state index contributed by atoms with van der Waals surface area (Å²) < 4.78 is 5.01. The summed E-state index contributed by atoms with van der Waals surface area (Å²) in [5, 5.41) is 11.7. The standard InChI is InChI=1S/C14H14ClN5O3/c1-8-13(9(2)23-18-8)14(22)19-5-6-20(12(21)7-19)11-4-3-10(15)16-17-11/h3-4H,5-7H2,1-2H3. The molecule has 0 radical (unpaired) electrons. The second-order valence-corrected chi connectivity index (χ2v) is 5.57. The molecule has 0 aromatic carbocycles. The Labute approximate surface area is 137 Å². The lowest BCUT2D eigenvalue weighted by molar-refractivity contribution is -0.120. The first-order chi connectivity index (χ1) is 11.0. The van der Waals surface area contributed by atoms with Gasteiger partial charge in [0.05, 0.1) is 5.69 Å². The number of aryl methyl sites for hydroxylation is 2. The fraction of sp³-hybridized carbons (Fsp3) is 0.357. The Kier molecular flexibility index (Phi) is 3.99. The molecular weight excluding hydrogens is 322 g/mol. The minimum atomic E-state index is -0.253. The van der Waals surface area contributed by atoms with Crippen LogP contribution in [0.25, 0.3) is 0 Å². The van der Waals surface area contributed by atoms with Crippen LogP contribution in [0.4, 0.5) is 5.82 Å². The lowest BCUT2D eigenvalue weighted by Crippen LogP contribution is -2.52. The van der Waals surface area contributed by atoms with E-state index in [9.17, 15) is 9.59 Å². The van der Waals surface area contributed by atoms with Crippen molar-refractivity contribution in [3.8, 4) is 0 Å². The van der Waals surface area contributed by atoms with Gasteiger partial charge in [-0.3, -0.25) is 14.5 Å². The minimum Gasteiger partial charge on any atom is -0.361 e. The molecule has 23 heavy (non-hydrogen) atoms. The van der Waals surface area contributed by atoms with Gasteiger partial charge in [0.2, 0.25) is 5.91 Å². The highest BCUT2D eigenvalue weighted by Crippen LogP contribution is 2.19. The predicted octanol–water partition coefficient (Wildman–Crippen LogP) is 1.22. The molecule has 2 aromatic rings. The number of hydrogen-bond donors (Lipinski definition) is 0. The molecule has 3 rings (SSSR count). The van der Waals surface area contributed by atoms with Crippen LogP contribution in [0.1, 0.15) is 21.8 Å². The molecule has 1 fully saturated rings. The van der Waals surface area contributed by atoms with Gasteiger partial charge in [-0.1, -0.05) is 16.8 Å². The van der Waals surface area contributed by atoms with E-state index in [2.05, 4.69) is 15.4 Å². The zero-order valence-corrected chi connectivity index (χ0v) is 13.4. The Hall–Kier alpha value is -2.48. The molecular formula is C14H14ClN5O3. The molecule has 0 N–H and O–H groups in total. The molecule has 0 bridgehead atoms. The van der Waals surface area contributed by atoms with Gasteiger partial charge in [0, 0.05) is 13.1 Å². The molecule has 0 saturated carbocycles. The van der Waals surface area contributed by atoms with Crippen molar-refractivity contribution in [1.82, 2.24) is 20.3 Å². The van der Waals surface area contributed by atoms with Crippen molar-refractivity contribution < 1.29 is 14.1 Å². The number of hydrogen-bond acceptors (Lipinski definition) is 6. The van der Waals surface area contributed by atoms with E-state index in [1.165, 1.54) is 9.80 Å². The number of piperazine rings is 1. The Balaban J connectivity index is 1.75.